The molecule has 0 fully saturated rings. The van der Waals surface area contributed by atoms with Gasteiger partial charge in [0.1, 0.15) is 0 Å². The van der Waals surface area contributed by atoms with E-state index < -0.39 is 0 Å². The molecule has 0 heterocycles. The maximum absolute atomic E-state index is 2.28. The molecule has 0 aromatic carbocycles. The minimum Gasteiger partial charge on any atom is -0.308 e. The Morgan fingerprint density at radius 1 is 1.12 bits per heavy atom. The van der Waals surface area contributed by atoms with Gasteiger partial charge in [0.05, 0.1) is 0 Å². The second kappa shape index (κ2) is 4.52. The number of nitrogens with zero attached hydrogens (tertiary/aromatic N) is 2. The van der Waals surface area contributed by atoms with Gasteiger partial charge in [-0.3, -0.25) is 0 Å². The molecule has 0 atom stereocenters. The van der Waals surface area contributed by atoms with Crippen molar-refractivity contribution in [1.82, 2.24) is 8.01 Å². The highest BCUT2D eigenvalue weighted by Crippen LogP contribution is 1.90. The van der Waals surface area contributed by atoms with Gasteiger partial charge in [0.25, 0.3) is 0 Å². The Balaban J connectivity index is 2.93. The van der Waals surface area contributed by atoms with E-state index in [1.165, 1.54) is 0 Å². The van der Waals surface area contributed by atoms with Crippen molar-refractivity contribution in [2.24, 2.45) is 0 Å². The minimum absolute atomic E-state index is 1.13. The van der Waals surface area contributed by atoms with Crippen LogP contribution in [0.15, 0.2) is 0 Å². The summed E-state index contributed by atoms with van der Waals surface area (Å²) in [6.07, 6.45) is 0. The Morgan fingerprint density at radius 3 is 1.75 bits per heavy atom. The van der Waals surface area contributed by atoms with Crippen LogP contribution in [0.1, 0.15) is 0 Å². The van der Waals surface area contributed by atoms with E-state index in [9.17, 15) is 0 Å². The second-order valence-electron chi connectivity index (χ2n) is 2.13. The summed E-state index contributed by atoms with van der Waals surface area (Å²) in [5.74, 6) is 0. The smallest absolute Gasteiger partial charge is 0.0205 e. The molecule has 0 saturated heterocycles. The summed E-state index contributed by atoms with van der Waals surface area (Å²) in [6.45, 7) is 2.27. The van der Waals surface area contributed by atoms with Crippen LogP contribution in [-0.4, -0.2) is 42.2 Å². The third-order valence-corrected chi connectivity index (χ3v) is 1.34. The molecule has 50 valence electrons. The third-order valence-electron chi connectivity index (χ3n) is 0.855. The number of hydrogen-bond donors (Lipinski definition) is 0. The molecule has 2 nitrogen and oxygen atoms in total. The van der Waals surface area contributed by atoms with E-state index in [1.54, 1.807) is 0 Å². The van der Waals surface area contributed by atoms with Crippen molar-refractivity contribution >= 4 is 22.9 Å². The Hall–Kier alpha value is 0.650. The summed E-state index contributed by atoms with van der Waals surface area (Å²) in [6, 6.07) is 0. The van der Waals surface area contributed by atoms with Crippen LogP contribution < -0.4 is 0 Å². The lowest BCUT2D eigenvalue weighted by Gasteiger charge is -2.11. The van der Waals surface area contributed by atoms with Crippen molar-refractivity contribution in [2.45, 2.75) is 0 Å². The first kappa shape index (κ1) is 8.65. The van der Waals surface area contributed by atoms with Crippen LogP contribution in [0.2, 0.25) is 0 Å². The molecule has 0 aliphatic carbocycles. The highest BCUT2D eigenvalue weighted by atomic mass is 127. The predicted molar refractivity (Wildman–Crippen MR) is 45.2 cm³/mol. The Morgan fingerprint density at radius 2 is 1.62 bits per heavy atom. The topological polar surface area (TPSA) is 6.48 Å². The second-order valence-corrected chi connectivity index (χ2v) is 3.78. The van der Waals surface area contributed by atoms with Crippen LogP contribution in [0.3, 0.4) is 0 Å². The quantitative estimate of drug-likeness (QED) is 0.521. The zero-order valence-electron chi connectivity index (χ0n) is 5.69. The van der Waals surface area contributed by atoms with Gasteiger partial charge >= 0.3 is 0 Å². The minimum atomic E-state index is 1.13. The maximum atomic E-state index is 2.28. The van der Waals surface area contributed by atoms with E-state index in [0.717, 1.165) is 13.1 Å². The van der Waals surface area contributed by atoms with Crippen LogP contribution in [-0.2, 0) is 0 Å². The summed E-state index contributed by atoms with van der Waals surface area (Å²) in [7, 11) is 6.24. The molecule has 0 spiro atoms. The Kier molecular flexibility index (Phi) is 4.89. The molecular formula is C5H13IN2. The van der Waals surface area contributed by atoms with Crippen molar-refractivity contribution in [3.8, 4) is 0 Å². The molecule has 0 aromatic heterocycles. The maximum Gasteiger partial charge on any atom is 0.0205 e. The average molecular weight is 228 g/mol. The van der Waals surface area contributed by atoms with Gasteiger partial charge in [-0.25, -0.2) is 3.11 Å². The lowest BCUT2D eigenvalue weighted by atomic mass is 10.6. The monoisotopic (exact) mass is 228 g/mol. The number of hydrogen-bond acceptors (Lipinski definition) is 2. The van der Waals surface area contributed by atoms with Gasteiger partial charge in [0.2, 0.25) is 0 Å². The Bertz CT molecular complexity index is 46.4. The van der Waals surface area contributed by atoms with E-state index >= 15 is 0 Å². The van der Waals surface area contributed by atoms with Crippen LogP contribution in [0.25, 0.3) is 0 Å². The summed E-state index contributed by atoms with van der Waals surface area (Å²) < 4.78 is 2.15. The molecule has 0 radical (unpaired) electrons. The molecule has 0 bridgehead atoms. The highest BCUT2D eigenvalue weighted by molar-refractivity contribution is 14.1. The van der Waals surface area contributed by atoms with Gasteiger partial charge in [-0.05, 0) is 21.1 Å². The summed E-state index contributed by atoms with van der Waals surface area (Å²) in [5, 5.41) is 0. The standard InChI is InChI=1S/C5H13IN2/c1-7(2)4-5-8(3)6/h4-5H2,1-3H3. The molecular weight excluding hydrogens is 215 g/mol. The first-order chi connectivity index (χ1) is 3.63. The first-order valence-corrected chi connectivity index (χ1v) is 3.61. The molecule has 0 amide bonds. The van der Waals surface area contributed by atoms with Crippen molar-refractivity contribution in [3.63, 3.8) is 0 Å². The highest BCUT2D eigenvalue weighted by Gasteiger charge is 1.91. The van der Waals surface area contributed by atoms with Gasteiger partial charge in [0, 0.05) is 36.0 Å². The molecule has 0 unspecified atom stereocenters. The van der Waals surface area contributed by atoms with E-state index in [1.807, 2.05) is 0 Å². The Labute approximate surface area is 65.3 Å². The molecule has 0 aliphatic rings. The van der Waals surface area contributed by atoms with E-state index in [-0.39, 0.29) is 0 Å². The van der Waals surface area contributed by atoms with Gasteiger partial charge in [-0.2, -0.15) is 0 Å². The summed E-state index contributed by atoms with van der Waals surface area (Å²) in [4.78, 5) is 2.18. The average Bonchev–Trinajstić information content (AvgIpc) is 1.61. The fraction of sp³-hybridized carbons (Fsp3) is 1.00. The zero-order valence-corrected chi connectivity index (χ0v) is 7.84. The van der Waals surface area contributed by atoms with E-state index in [0.29, 0.717) is 0 Å². The van der Waals surface area contributed by atoms with Crippen LogP contribution in [0.5, 0.6) is 0 Å². The van der Waals surface area contributed by atoms with Crippen LogP contribution in [0, 0.1) is 0 Å². The lowest BCUT2D eigenvalue weighted by Crippen LogP contribution is -2.22. The molecule has 0 aliphatic heterocycles. The molecule has 0 aromatic rings. The lowest BCUT2D eigenvalue weighted by molar-refractivity contribution is 0.381. The van der Waals surface area contributed by atoms with Crippen molar-refractivity contribution in [1.29, 1.82) is 0 Å². The summed E-state index contributed by atoms with van der Waals surface area (Å²) >= 11 is 2.28. The zero-order chi connectivity index (χ0) is 6.57. The molecule has 0 N–H and O–H groups in total. The van der Waals surface area contributed by atoms with Gasteiger partial charge in [-0.15, -0.1) is 0 Å². The third kappa shape index (κ3) is 6.65. The first-order valence-electron chi connectivity index (χ1n) is 2.64. The molecule has 8 heavy (non-hydrogen) atoms. The largest absolute Gasteiger partial charge is 0.308 e. The predicted octanol–water partition coefficient (Wildman–Crippen LogP) is 0.830. The van der Waals surface area contributed by atoms with Crippen molar-refractivity contribution in [2.75, 3.05) is 34.2 Å². The van der Waals surface area contributed by atoms with Crippen molar-refractivity contribution < 1.29 is 0 Å². The van der Waals surface area contributed by atoms with E-state index in [2.05, 4.69) is 52.0 Å². The van der Waals surface area contributed by atoms with Gasteiger partial charge in [-0.1, -0.05) is 0 Å². The van der Waals surface area contributed by atoms with Crippen LogP contribution in [0.4, 0.5) is 0 Å². The molecule has 3 heteroatoms. The normalized spacial score (nSPS) is 11.2. The van der Waals surface area contributed by atoms with Crippen molar-refractivity contribution in [3.05, 3.63) is 0 Å². The number of halogens is 1. The summed E-state index contributed by atoms with van der Waals surface area (Å²) in [5.41, 5.74) is 0. The van der Waals surface area contributed by atoms with Crippen LogP contribution >= 0.6 is 22.9 Å². The van der Waals surface area contributed by atoms with Gasteiger partial charge in [0.15, 0.2) is 0 Å². The van der Waals surface area contributed by atoms with E-state index in [4.69, 9.17) is 0 Å². The molecule has 0 saturated carbocycles. The molecule has 0 rings (SSSR count). The SMILES string of the molecule is CN(C)CCN(C)I. The number of likely N-dealkylation sites (N-methyl/N-ethyl adjacent to an activating group) is 2. The fourth-order valence-electron chi connectivity index (χ4n) is 0.338. The van der Waals surface area contributed by atoms with Gasteiger partial charge < -0.3 is 4.90 Å². The number of rotatable bonds is 3. The fourth-order valence-corrected chi connectivity index (χ4v) is 0.554.